The molecule has 1 aliphatic heterocycles. The number of rotatable bonds is 1. The molecule has 0 radical (unpaired) electrons. The molecule has 1 atom stereocenters. The molecule has 14 heavy (non-hydrogen) atoms. The monoisotopic (exact) mass is 198 g/mol. The minimum absolute atomic E-state index is 0.302. The summed E-state index contributed by atoms with van der Waals surface area (Å²) in [7, 11) is 0. The number of esters is 1. The van der Waals surface area contributed by atoms with Crippen LogP contribution in [0.1, 0.15) is 34.1 Å². The lowest BCUT2D eigenvalue weighted by Crippen LogP contribution is -2.40. The summed E-state index contributed by atoms with van der Waals surface area (Å²) in [6.07, 6.45) is 0.557. The summed E-state index contributed by atoms with van der Waals surface area (Å²) in [4.78, 5) is 11.7. The van der Waals surface area contributed by atoms with Crippen molar-refractivity contribution in [3.63, 3.8) is 0 Å². The highest BCUT2D eigenvalue weighted by atomic mass is 16.6. The number of hydrogen-bond acceptors (Lipinski definition) is 3. The fraction of sp³-hybridized carbons (Fsp3) is 0.727. The zero-order valence-corrected chi connectivity index (χ0v) is 9.35. The maximum atomic E-state index is 11.7. The van der Waals surface area contributed by atoms with Gasteiger partial charge in [-0.1, -0.05) is 6.58 Å². The van der Waals surface area contributed by atoms with E-state index >= 15 is 0 Å². The molecule has 0 N–H and O–H groups in total. The number of carbonyl (C=O) groups excluding carboxylic acids is 1. The van der Waals surface area contributed by atoms with Gasteiger partial charge in [0, 0.05) is 6.42 Å². The van der Waals surface area contributed by atoms with Gasteiger partial charge in [0.1, 0.15) is 5.60 Å². The van der Waals surface area contributed by atoms with E-state index in [1.165, 1.54) is 0 Å². The third-order valence-electron chi connectivity index (χ3n) is 2.01. The minimum Gasteiger partial charge on any atom is -0.458 e. The van der Waals surface area contributed by atoms with Gasteiger partial charge in [-0.15, -0.1) is 0 Å². The second-order valence-corrected chi connectivity index (χ2v) is 4.95. The van der Waals surface area contributed by atoms with E-state index in [0.29, 0.717) is 13.0 Å². The summed E-state index contributed by atoms with van der Waals surface area (Å²) >= 11 is 0. The topological polar surface area (TPSA) is 35.5 Å². The summed E-state index contributed by atoms with van der Waals surface area (Å²) < 4.78 is 10.7. The second kappa shape index (κ2) is 3.39. The van der Waals surface area contributed by atoms with Crippen LogP contribution >= 0.6 is 0 Å². The molecule has 1 saturated heterocycles. The first-order valence-electron chi connectivity index (χ1n) is 4.77. The molecule has 80 valence electrons. The minimum atomic E-state index is -0.829. The van der Waals surface area contributed by atoms with Crippen LogP contribution in [0.3, 0.4) is 0 Å². The third-order valence-corrected chi connectivity index (χ3v) is 2.01. The highest BCUT2D eigenvalue weighted by Gasteiger charge is 2.42. The van der Waals surface area contributed by atoms with Gasteiger partial charge < -0.3 is 9.47 Å². The number of carbonyl (C=O) groups is 1. The molecule has 0 amide bonds. The Balaban J connectivity index is 2.65. The zero-order valence-electron chi connectivity index (χ0n) is 9.35. The average Bonchev–Trinajstić information content (AvgIpc) is 2.29. The maximum absolute atomic E-state index is 11.7. The Morgan fingerprint density at radius 1 is 1.57 bits per heavy atom. The molecular weight excluding hydrogens is 180 g/mol. The van der Waals surface area contributed by atoms with Crippen molar-refractivity contribution in [1.82, 2.24) is 0 Å². The molecule has 1 fully saturated rings. The van der Waals surface area contributed by atoms with Gasteiger partial charge in [-0.05, 0) is 33.3 Å². The van der Waals surface area contributed by atoms with Crippen molar-refractivity contribution in [2.24, 2.45) is 0 Å². The van der Waals surface area contributed by atoms with Crippen LogP contribution < -0.4 is 0 Å². The molecule has 0 aromatic carbocycles. The molecule has 3 nitrogen and oxygen atoms in total. The molecule has 1 rings (SSSR count). The van der Waals surface area contributed by atoms with Gasteiger partial charge >= 0.3 is 5.97 Å². The lowest BCUT2D eigenvalue weighted by Gasteiger charge is -2.27. The van der Waals surface area contributed by atoms with Crippen LogP contribution in [-0.4, -0.2) is 23.8 Å². The van der Waals surface area contributed by atoms with Gasteiger partial charge in [0.25, 0.3) is 0 Å². The zero-order chi connectivity index (χ0) is 11.0. The van der Waals surface area contributed by atoms with Crippen molar-refractivity contribution in [3.05, 3.63) is 12.2 Å². The second-order valence-electron chi connectivity index (χ2n) is 4.95. The van der Waals surface area contributed by atoms with Gasteiger partial charge in [0.15, 0.2) is 5.60 Å². The van der Waals surface area contributed by atoms with Gasteiger partial charge in [0.2, 0.25) is 0 Å². The summed E-state index contributed by atoms with van der Waals surface area (Å²) in [5.41, 5.74) is -0.351. The smallest absolute Gasteiger partial charge is 0.338 e. The van der Waals surface area contributed by atoms with E-state index in [2.05, 4.69) is 6.58 Å². The number of hydrogen-bond donors (Lipinski definition) is 0. The van der Waals surface area contributed by atoms with Gasteiger partial charge in [-0.25, -0.2) is 4.79 Å². The Kier molecular flexibility index (Phi) is 2.72. The van der Waals surface area contributed by atoms with Crippen molar-refractivity contribution < 1.29 is 14.3 Å². The highest BCUT2D eigenvalue weighted by Crippen LogP contribution is 2.30. The molecule has 3 heteroatoms. The Hall–Kier alpha value is -0.830. The summed E-state index contributed by atoms with van der Waals surface area (Å²) in [5, 5.41) is 0. The van der Waals surface area contributed by atoms with Crippen molar-refractivity contribution >= 4 is 5.97 Å². The van der Waals surface area contributed by atoms with E-state index in [1.54, 1.807) is 6.92 Å². The van der Waals surface area contributed by atoms with Gasteiger partial charge in [-0.3, -0.25) is 0 Å². The standard InChI is InChI=1S/C11H18O3/c1-8-6-11(5,13-7-8)9(12)14-10(2,3)4/h1,6-7H2,2-5H3. The van der Waals surface area contributed by atoms with Crippen LogP contribution in [0.25, 0.3) is 0 Å². The van der Waals surface area contributed by atoms with E-state index in [0.717, 1.165) is 5.57 Å². The molecule has 0 bridgehead atoms. The predicted octanol–water partition coefficient (Wildman–Crippen LogP) is 2.06. The summed E-state index contributed by atoms with van der Waals surface area (Å²) in [6, 6.07) is 0. The predicted molar refractivity (Wildman–Crippen MR) is 54.0 cm³/mol. The highest BCUT2D eigenvalue weighted by molar-refractivity contribution is 5.80. The lowest BCUT2D eigenvalue weighted by atomic mass is 10.0. The number of ether oxygens (including phenoxy) is 2. The molecule has 0 aromatic heterocycles. The maximum Gasteiger partial charge on any atom is 0.338 e. The Labute approximate surface area is 85.1 Å². The normalized spacial score (nSPS) is 27.9. The summed E-state index contributed by atoms with van der Waals surface area (Å²) in [5.74, 6) is -0.302. The van der Waals surface area contributed by atoms with Gasteiger partial charge in [0.05, 0.1) is 6.61 Å². The van der Waals surface area contributed by atoms with Crippen molar-refractivity contribution in [2.75, 3.05) is 6.61 Å². The Morgan fingerprint density at radius 2 is 2.14 bits per heavy atom. The van der Waals surface area contributed by atoms with Crippen molar-refractivity contribution in [3.8, 4) is 0 Å². The molecule has 1 unspecified atom stereocenters. The first kappa shape index (κ1) is 11.2. The largest absolute Gasteiger partial charge is 0.458 e. The average molecular weight is 198 g/mol. The van der Waals surface area contributed by atoms with E-state index in [1.807, 2.05) is 20.8 Å². The van der Waals surface area contributed by atoms with Crippen LogP contribution in [0, 0.1) is 0 Å². The van der Waals surface area contributed by atoms with E-state index in [9.17, 15) is 4.79 Å². The van der Waals surface area contributed by atoms with Crippen molar-refractivity contribution in [2.45, 2.75) is 45.3 Å². The molecular formula is C11H18O3. The van der Waals surface area contributed by atoms with Crippen LogP contribution in [0.2, 0.25) is 0 Å². The summed E-state index contributed by atoms with van der Waals surface area (Å²) in [6.45, 7) is 11.5. The molecule has 0 saturated carbocycles. The van der Waals surface area contributed by atoms with Crippen LogP contribution in [-0.2, 0) is 14.3 Å². The SMILES string of the molecule is C=C1COC(C)(C(=O)OC(C)(C)C)C1. The van der Waals surface area contributed by atoms with Crippen molar-refractivity contribution in [1.29, 1.82) is 0 Å². The molecule has 0 aliphatic carbocycles. The molecule has 1 heterocycles. The van der Waals surface area contributed by atoms with E-state index in [-0.39, 0.29) is 5.97 Å². The van der Waals surface area contributed by atoms with Crippen LogP contribution in [0.15, 0.2) is 12.2 Å². The first-order chi connectivity index (χ1) is 6.23. The van der Waals surface area contributed by atoms with Crippen LogP contribution in [0.5, 0.6) is 0 Å². The van der Waals surface area contributed by atoms with E-state index in [4.69, 9.17) is 9.47 Å². The quantitative estimate of drug-likeness (QED) is 0.478. The third kappa shape index (κ3) is 2.58. The van der Waals surface area contributed by atoms with Crippen LogP contribution in [0.4, 0.5) is 0 Å². The lowest BCUT2D eigenvalue weighted by molar-refractivity contribution is -0.176. The molecule has 0 aromatic rings. The fourth-order valence-corrected chi connectivity index (χ4v) is 1.36. The Bertz CT molecular complexity index is 262. The first-order valence-corrected chi connectivity index (χ1v) is 4.77. The molecule has 0 spiro atoms. The van der Waals surface area contributed by atoms with Gasteiger partial charge in [-0.2, -0.15) is 0 Å². The fourth-order valence-electron chi connectivity index (χ4n) is 1.36. The molecule has 1 aliphatic rings. The Morgan fingerprint density at radius 3 is 2.50 bits per heavy atom. The van der Waals surface area contributed by atoms with E-state index < -0.39 is 11.2 Å².